The number of aliphatic hydroxyl groups excluding tert-OH is 1. The maximum atomic E-state index is 8.96. The summed E-state index contributed by atoms with van der Waals surface area (Å²) in [6.07, 6.45) is 0. The Labute approximate surface area is 82.2 Å². The second-order valence-electron chi connectivity index (χ2n) is 3.23. The quantitative estimate of drug-likeness (QED) is 0.777. The Morgan fingerprint density at radius 1 is 1.43 bits per heavy atom. The van der Waals surface area contributed by atoms with Gasteiger partial charge >= 0.3 is 0 Å². The molecule has 4 nitrogen and oxygen atoms in total. The lowest BCUT2D eigenvalue weighted by atomic mass is 10.3. The predicted molar refractivity (Wildman–Crippen MR) is 53.9 cm³/mol. The van der Waals surface area contributed by atoms with Gasteiger partial charge in [-0.3, -0.25) is 4.68 Å². The lowest BCUT2D eigenvalue weighted by molar-refractivity contribution is 0.277. The summed E-state index contributed by atoms with van der Waals surface area (Å²) >= 11 is 0. The molecule has 0 aliphatic heterocycles. The molecule has 2 heterocycles. The van der Waals surface area contributed by atoms with Gasteiger partial charge in [0, 0.05) is 6.54 Å². The molecule has 0 radical (unpaired) electrons. The van der Waals surface area contributed by atoms with Gasteiger partial charge < -0.3 is 5.11 Å². The largest absolute Gasteiger partial charge is 0.390 e. The molecule has 0 fully saturated rings. The maximum absolute atomic E-state index is 8.96. The molecule has 14 heavy (non-hydrogen) atoms. The molecule has 2 rings (SSSR count). The summed E-state index contributed by atoms with van der Waals surface area (Å²) in [5, 5.41) is 13.3. The van der Waals surface area contributed by atoms with Gasteiger partial charge in [0.15, 0.2) is 0 Å². The van der Waals surface area contributed by atoms with E-state index >= 15 is 0 Å². The molecule has 0 spiro atoms. The molecule has 4 heteroatoms. The molecule has 74 valence electrons. The molecular weight excluding hydrogens is 178 g/mol. The summed E-state index contributed by atoms with van der Waals surface area (Å²) in [6.45, 7) is 4.80. The standard InChI is InChI=1S/C10H13N3O/c1-3-13-9-5-4-8(6-14)11-10(9)7(2)12-13/h4-5,14H,3,6H2,1-2H3. The van der Waals surface area contributed by atoms with Crippen LogP contribution in [0.1, 0.15) is 18.3 Å². The first-order valence-electron chi connectivity index (χ1n) is 4.70. The van der Waals surface area contributed by atoms with E-state index < -0.39 is 0 Å². The van der Waals surface area contributed by atoms with Gasteiger partial charge in [0.25, 0.3) is 0 Å². The molecule has 2 aromatic heterocycles. The van der Waals surface area contributed by atoms with Crippen LogP contribution in [0, 0.1) is 6.92 Å². The Balaban J connectivity index is 2.70. The number of aromatic nitrogens is 3. The van der Waals surface area contributed by atoms with E-state index in [0.717, 1.165) is 23.3 Å². The van der Waals surface area contributed by atoms with Gasteiger partial charge in [0.2, 0.25) is 0 Å². The molecule has 0 saturated heterocycles. The number of aliphatic hydroxyl groups is 1. The number of hydrogen-bond donors (Lipinski definition) is 1. The zero-order chi connectivity index (χ0) is 10.1. The SMILES string of the molecule is CCn1nc(C)c2nc(CO)ccc21. The van der Waals surface area contributed by atoms with Crippen molar-refractivity contribution in [2.75, 3.05) is 0 Å². The average molecular weight is 191 g/mol. The minimum absolute atomic E-state index is 0.0211. The second-order valence-corrected chi connectivity index (χ2v) is 3.23. The van der Waals surface area contributed by atoms with Crippen molar-refractivity contribution in [3.63, 3.8) is 0 Å². The highest BCUT2D eigenvalue weighted by Crippen LogP contribution is 2.16. The Morgan fingerprint density at radius 2 is 2.21 bits per heavy atom. The number of nitrogens with zero attached hydrogens (tertiary/aromatic N) is 3. The van der Waals surface area contributed by atoms with E-state index in [0.29, 0.717) is 5.69 Å². The van der Waals surface area contributed by atoms with Crippen molar-refractivity contribution in [2.24, 2.45) is 0 Å². The van der Waals surface area contributed by atoms with Gasteiger partial charge in [0.05, 0.1) is 23.5 Å². The van der Waals surface area contributed by atoms with Crippen LogP contribution >= 0.6 is 0 Å². The van der Waals surface area contributed by atoms with E-state index in [2.05, 4.69) is 10.1 Å². The van der Waals surface area contributed by atoms with Crippen LogP contribution in [0.5, 0.6) is 0 Å². The number of fused-ring (bicyclic) bond motifs is 1. The second kappa shape index (κ2) is 3.38. The molecular formula is C10H13N3O. The van der Waals surface area contributed by atoms with Crippen LogP contribution in [0.2, 0.25) is 0 Å². The van der Waals surface area contributed by atoms with Crippen molar-refractivity contribution in [1.82, 2.24) is 14.8 Å². The molecule has 2 aromatic rings. The van der Waals surface area contributed by atoms with E-state index in [1.807, 2.05) is 30.7 Å². The first kappa shape index (κ1) is 9.15. The van der Waals surface area contributed by atoms with Crippen molar-refractivity contribution < 1.29 is 5.11 Å². The van der Waals surface area contributed by atoms with Gasteiger partial charge in [0.1, 0.15) is 5.52 Å². The Bertz CT molecular complexity index is 462. The van der Waals surface area contributed by atoms with Gasteiger partial charge in [-0.15, -0.1) is 0 Å². The fourth-order valence-electron chi connectivity index (χ4n) is 1.58. The van der Waals surface area contributed by atoms with Crippen LogP contribution in [0.3, 0.4) is 0 Å². The summed E-state index contributed by atoms with van der Waals surface area (Å²) in [6, 6.07) is 3.78. The third-order valence-corrected chi connectivity index (χ3v) is 2.28. The fraction of sp³-hybridized carbons (Fsp3) is 0.400. The molecule has 0 bridgehead atoms. The fourth-order valence-corrected chi connectivity index (χ4v) is 1.58. The summed E-state index contributed by atoms with van der Waals surface area (Å²) in [7, 11) is 0. The normalized spacial score (nSPS) is 11.1. The van der Waals surface area contributed by atoms with Crippen molar-refractivity contribution in [3.8, 4) is 0 Å². The van der Waals surface area contributed by atoms with E-state index in [4.69, 9.17) is 5.11 Å². The summed E-state index contributed by atoms with van der Waals surface area (Å²) in [5.41, 5.74) is 3.52. The third kappa shape index (κ3) is 1.28. The third-order valence-electron chi connectivity index (χ3n) is 2.28. The molecule has 1 N–H and O–H groups in total. The summed E-state index contributed by atoms with van der Waals surface area (Å²) in [4.78, 5) is 4.33. The molecule has 0 aliphatic rings. The highest BCUT2D eigenvalue weighted by Gasteiger charge is 2.07. The molecule has 0 aromatic carbocycles. The molecule has 0 atom stereocenters. The lowest BCUT2D eigenvalue weighted by Crippen LogP contribution is -1.96. The van der Waals surface area contributed by atoms with Gasteiger partial charge in [-0.25, -0.2) is 4.98 Å². The Morgan fingerprint density at radius 3 is 2.86 bits per heavy atom. The van der Waals surface area contributed by atoms with Crippen molar-refractivity contribution in [3.05, 3.63) is 23.5 Å². The Kier molecular flexibility index (Phi) is 2.21. The van der Waals surface area contributed by atoms with Crippen LogP contribution in [0.4, 0.5) is 0 Å². The minimum Gasteiger partial charge on any atom is -0.390 e. The monoisotopic (exact) mass is 191 g/mol. The predicted octanol–water partition coefficient (Wildman–Crippen LogP) is 1.25. The highest BCUT2D eigenvalue weighted by atomic mass is 16.3. The van der Waals surface area contributed by atoms with E-state index in [-0.39, 0.29) is 6.61 Å². The van der Waals surface area contributed by atoms with Crippen LogP contribution in [0.15, 0.2) is 12.1 Å². The smallest absolute Gasteiger partial charge is 0.112 e. The van der Waals surface area contributed by atoms with Crippen molar-refractivity contribution in [1.29, 1.82) is 0 Å². The highest BCUT2D eigenvalue weighted by molar-refractivity contribution is 5.77. The zero-order valence-electron chi connectivity index (χ0n) is 8.36. The Hall–Kier alpha value is -1.42. The molecule has 0 saturated carbocycles. The number of hydrogen-bond acceptors (Lipinski definition) is 3. The van der Waals surface area contributed by atoms with E-state index in [1.54, 1.807) is 0 Å². The number of aryl methyl sites for hydroxylation is 2. The van der Waals surface area contributed by atoms with Crippen LogP contribution in [0.25, 0.3) is 11.0 Å². The molecule has 0 unspecified atom stereocenters. The van der Waals surface area contributed by atoms with E-state index in [1.165, 1.54) is 0 Å². The van der Waals surface area contributed by atoms with Gasteiger partial charge in [-0.05, 0) is 26.0 Å². The van der Waals surface area contributed by atoms with E-state index in [9.17, 15) is 0 Å². The summed E-state index contributed by atoms with van der Waals surface area (Å²) in [5.74, 6) is 0. The summed E-state index contributed by atoms with van der Waals surface area (Å²) < 4.78 is 1.92. The van der Waals surface area contributed by atoms with Gasteiger partial charge in [-0.1, -0.05) is 0 Å². The average Bonchev–Trinajstić information content (AvgIpc) is 2.55. The lowest BCUT2D eigenvalue weighted by Gasteiger charge is -1.98. The molecule has 0 amide bonds. The number of rotatable bonds is 2. The maximum Gasteiger partial charge on any atom is 0.112 e. The number of pyridine rings is 1. The zero-order valence-corrected chi connectivity index (χ0v) is 8.36. The first-order valence-corrected chi connectivity index (χ1v) is 4.70. The van der Waals surface area contributed by atoms with Crippen LogP contribution in [-0.4, -0.2) is 19.9 Å². The van der Waals surface area contributed by atoms with Crippen molar-refractivity contribution in [2.45, 2.75) is 27.0 Å². The van der Waals surface area contributed by atoms with Gasteiger partial charge in [-0.2, -0.15) is 5.10 Å². The molecule has 0 aliphatic carbocycles. The first-order chi connectivity index (χ1) is 6.76. The van der Waals surface area contributed by atoms with Crippen LogP contribution in [-0.2, 0) is 13.2 Å². The van der Waals surface area contributed by atoms with Crippen LogP contribution < -0.4 is 0 Å². The minimum atomic E-state index is -0.0211. The topological polar surface area (TPSA) is 50.9 Å². The van der Waals surface area contributed by atoms with Crippen molar-refractivity contribution >= 4 is 11.0 Å².